The highest BCUT2D eigenvalue weighted by Crippen LogP contribution is 2.30. The van der Waals surface area contributed by atoms with Gasteiger partial charge in [0.05, 0.1) is 11.5 Å². The molecule has 0 spiro atoms. The minimum atomic E-state index is -0.696. The molecular weight excluding hydrogens is 504 g/mol. The first-order chi connectivity index (χ1) is 18.7. The van der Waals surface area contributed by atoms with E-state index in [1.165, 1.54) is 18.2 Å². The second kappa shape index (κ2) is 11.9. The molecule has 1 aliphatic rings. The highest BCUT2D eigenvalue weighted by atomic mass is 16.6. The van der Waals surface area contributed by atoms with Crippen molar-refractivity contribution in [2.45, 2.75) is 20.5 Å². The number of non-ortho nitro benzene ring substituents is 1. The quantitative estimate of drug-likeness (QED) is 0.171. The van der Waals surface area contributed by atoms with Crippen LogP contribution in [0.5, 0.6) is 11.5 Å². The maximum absolute atomic E-state index is 12.9. The first-order valence-corrected chi connectivity index (χ1v) is 12.1. The fourth-order valence-corrected chi connectivity index (χ4v) is 3.83. The van der Waals surface area contributed by atoms with Gasteiger partial charge in [0.2, 0.25) is 5.91 Å². The average molecular weight is 531 g/mol. The lowest BCUT2D eigenvalue weighted by Gasteiger charge is -2.13. The number of carbonyl (C=O) groups is 3. The van der Waals surface area contributed by atoms with Gasteiger partial charge in [0.25, 0.3) is 11.6 Å². The number of benzene rings is 3. The number of imide groups is 1. The molecule has 0 bridgehead atoms. The molecule has 4 amide bonds. The van der Waals surface area contributed by atoms with Crippen LogP contribution in [0.25, 0.3) is 6.08 Å². The van der Waals surface area contributed by atoms with Gasteiger partial charge in [0.1, 0.15) is 18.8 Å². The minimum absolute atomic E-state index is 0.00910. The molecule has 0 aliphatic carbocycles. The van der Waals surface area contributed by atoms with Crippen LogP contribution in [0.15, 0.2) is 72.4 Å². The summed E-state index contributed by atoms with van der Waals surface area (Å²) in [7, 11) is 0. The third-order valence-corrected chi connectivity index (χ3v) is 5.69. The topological polar surface area (TPSA) is 140 Å². The fourth-order valence-electron chi connectivity index (χ4n) is 3.83. The van der Waals surface area contributed by atoms with E-state index in [2.05, 4.69) is 10.6 Å². The normalized spacial score (nSPS) is 13.8. The van der Waals surface area contributed by atoms with Crippen molar-refractivity contribution in [2.24, 2.45) is 0 Å². The molecule has 3 aromatic carbocycles. The molecule has 11 nitrogen and oxygen atoms in total. The van der Waals surface area contributed by atoms with Gasteiger partial charge in [-0.05, 0) is 73.0 Å². The Morgan fingerprint density at radius 3 is 2.51 bits per heavy atom. The second-order valence-corrected chi connectivity index (χ2v) is 8.65. The Labute approximate surface area is 224 Å². The summed E-state index contributed by atoms with van der Waals surface area (Å²) in [6, 6.07) is 17.5. The molecule has 1 heterocycles. The van der Waals surface area contributed by atoms with Gasteiger partial charge in [-0.25, -0.2) is 9.69 Å². The SMILES string of the molecule is CCOc1cc(/C=C2\NC(=O)N(CC(=O)Nc3cccc(C)c3)C2=O)ccc1OCc1ccc([N+](=O)[O-])cc1. The number of ether oxygens (including phenoxy) is 2. The molecule has 200 valence electrons. The zero-order valence-corrected chi connectivity index (χ0v) is 21.3. The molecular formula is C28H26N4O7. The van der Waals surface area contributed by atoms with E-state index in [4.69, 9.17) is 9.47 Å². The first kappa shape index (κ1) is 26.9. The number of nitrogens with one attached hydrogen (secondary N) is 2. The van der Waals surface area contributed by atoms with Gasteiger partial charge in [0.15, 0.2) is 11.5 Å². The largest absolute Gasteiger partial charge is 0.490 e. The van der Waals surface area contributed by atoms with E-state index in [0.29, 0.717) is 29.4 Å². The standard InChI is InChI=1S/C28H26N4O7/c1-3-38-25-15-20(9-12-24(25)39-17-19-7-10-22(11-8-19)32(36)37)14-23-27(34)31(28(35)30-23)16-26(33)29-21-6-4-5-18(2)13-21/h4-15H,3,16-17H2,1-2H3,(H,29,33)(H,30,35)/b23-14-. The summed E-state index contributed by atoms with van der Waals surface area (Å²) in [5.41, 5.74) is 2.84. The van der Waals surface area contributed by atoms with Gasteiger partial charge < -0.3 is 20.1 Å². The van der Waals surface area contributed by atoms with Gasteiger partial charge in [-0.15, -0.1) is 0 Å². The number of hydrogen-bond donors (Lipinski definition) is 2. The van der Waals surface area contributed by atoms with Crippen molar-refractivity contribution in [3.05, 3.63) is 99.2 Å². The van der Waals surface area contributed by atoms with Crippen LogP contribution in [0, 0.1) is 17.0 Å². The number of amides is 4. The average Bonchev–Trinajstić information content (AvgIpc) is 3.15. The molecule has 1 saturated heterocycles. The third-order valence-electron chi connectivity index (χ3n) is 5.69. The second-order valence-electron chi connectivity index (χ2n) is 8.65. The molecule has 3 aromatic rings. The predicted molar refractivity (Wildman–Crippen MR) is 143 cm³/mol. The monoisotopic (exact) mass is 530 g/mol. The zero-order chi connectivity index (χ0) is 27.9. The Hall–Kier alpha value is -5.19. The molecule has 0 atom stereocenters. The van der Waals surface area contributed by atoms with E-state index >= 15 is 0 Å². The number of carbonyl (C=O) groups excluding carboxylic acids is 3. The molecule has 0 saturated carbocycles. The van der Waals surface area contributed by atoms with Gasteiger partial charge in [-0.2, -0.15) is 0 Å². The first-order valence-electron chi connectivity index (χ1n) is 12.1. The Morgan fingerprint density at radius 2 is 1.82 bits per heavy atom. The van der Waals surface area contributed by atoms with Crippen LogP contribution >= 0.6 is 0 Å². The highest BCUT2D eigenvalue weighted by molar-refractivity contribution is 6.16. The van der Waals surface area contributed by atoms with E-state index in [1.54, 1.807) is 48.5 Å². The van der Waals surface area contributed by atoms with E-state index in [-0.39, 0.29) is 18.0 Å². The molecule has 2 N–H and O–H groups in total. The van der Waals surface area contributed by atoms with E-state index < -0.39 is 29.3 Å². The van der Waals surface area contributed by atoms with Crippen LogP contribution in [-0.4, -0.2) is 40.8 Å². The number of urea groups is 1. The van der Waals surface area contributed by atoms with Gasteiger partial charge in [-0.3, -0.25) is 19.7 Å². The number of nitro groups is 1. The third kappa shape index (κ3) is 6.77. The van der Waals surface area contributed by atoms with Crippen molar-refractivity contribution in [2.75, 3.05) is 18.5 Å². The van der Waals surface area contributed by atoms with Gasteiger partial charge in [-0.1, -0.05) is 18.2 Å². The van der Waals surface area contributed by atoms with Crippen LogP contribution < -0.4 is 20.1 Å². The van der Waals surface area contributed by atoms with Crippen LogP contribution in [0.3, 0.4) is 0 Å². The van der Waals surface area contributed by atoms with E-state index in [1.807, 2.05) is 19.9 Å². The smallest absolute Gasteiger partial charge is 0.329 e. The van der Waals surface area contributed by atoms with Crippen LogP contribution in [0.2, 0.25) is 0 Å². The molecule has 1 aliphatic heterocycles. The summed E-state index contributed by atoms with van der Waals surface area (Å²) < 4.78 is 11.5. The number of hydrogen-bond acceptors (Lipinski definition) is 7. The Kier molecular flexibility index (Phi) is 8.20. The summed E-state index contributed by atoms with van der Waals surface area (Å²) in [5.74, 6) is -0.275. The Balaban J connectivity index is 1.43. The fraction of sp³-hybridized carbons (Fsp3) is 0.179. The number of anilines is 1. The molecule has 0 aromatic heterocycles. The van der Waals surface area contributed by atoms with E-state index in [9.17, 15) is 24.5 Å². The molecule has 0 unspecified atom stereocenters. The number of nitrogens with zero attached hydrogens (tertiary/aromatic N) is 2. The summed E-state index contributed by atoms with van der Waals surface area (Å²) in [5, 5.41) is 16.0. The predicted octanol–water partition coefficient (Wildman–Crippen LogP) is 4.41. The lowest BCUT2D eigenvalue weighted by Crippen LogP contribution is -2.38. The van der Waals surface area contributed by atoms with Crippen molar-refractivity contribution in [1.29, 1.82) is 0 Å². The number of nitro benzene ring substituents is 1. The maximum Gasteiger partial charge on any atom is 0.329 e. The van der Waals surface area contributed by atoms with Crippen molar-refractivity contribution in [1.82, 2.24) is 10.2 Å². The lowest BCUT2D eigenvalue weighted by atomic mass is 10.1. The summed E-state index contributed by atoms with van der Waals surface area (Å²) in [6.07, 6.45) is 1.49. The Morgan fingerprint density at radius 1 is 1.05 bits per heavy atom. The summed E-state index contributed by atoms with van der Waals surface area (Å²) in [4.78, 5) is 48.9. The highest BCUT2D eigenvalue weighted by Gasteiger charge is 2.35. The van der Waals surface area contributed by atoms with Crippen molar-refractivity contribution in [3.63, 3.8) is 0 Å². The van der Waals surface area contributed by atoms with Crippen LogP contribution in [0.4, 0.5) is 16.2 Å². The molecule has 4 rings (SSSR count). The summed E-state index contributed by atoms with van der Waals surface area (Å²) >= 11 is 0. The molecule has 1 fully saturated rings. The molecule has 11 heteroatoms. The van der Waals surface area contributed by atoms with Gasteiger partial charge >= 0.3 is 6.03 Å². The van der Waals surface area contributed by atoms with E-state index in [0.717, 1.165) is 16.0 Å². The van der Waals surface area contributed by atoms with Crippen molar-refractivity contribution in [3.8, 4) is 11.5 Å². The van der Waals surface area contributed by atoms with Gasteiger partial charge in [0, 0.05) is 17.8 Å². The zero-order valence-electron chi connectivity index (χ0n) is 21.3. The van der Waals surface area contributed by atoms with Crippen LogP contribution in [-0.2, 0) is 16.2 Å². The molecule has 39 heavy (non-hydrogen) atoms. The molecule has 0 radical (unpaired) electrons. The summed E-state index contributed by atoms with van der Waals surface area (Å²) in [6.45, 7) is 3.78. The number of rotatable bonds is 10. The maximum atomic E-state index is 12.9. The van der Waals surface area contributed by atoms with Crippen LogP contribution in [0.1, 0.15) is 23.6 Å². The van der Waals surface area contributed by atoms with Crippen molar-refractivity contribution >= 4 is 35.3 Å². The lowest BCUT2D eigenvalue weighted by molar-refractivity contribution is -0.384. The minimum Gasteiger partial charge on any atom is -0.490 e. The Bertz CT molecular complexity index is 1450. The number of aryl methyl sites for hydroxylation is 1. The van der Waals surface area contributed by atoms with Crippen molar-refractivity contribution < 1.29 is 28.8 Å².